The summed E-state index contributed by atoms with van der Waals surface area (Å²) >= 11 is 15.4. The molecule has 0 aliphatic heterocycles. The molecule has 123 heavy (non-hydrogen) atoms. The van der Waals surface area contributed by atoms with Gasteiger partial charge in [-0.25, -0.2) is 0 Å². The number of halogens is 8. The van der Waals surface area contributed by atoms with Gasteiger partial charge >= 0.3 is 794 Å². The number of methoxy groups -OCH3 is 2. The second-order valence-electron chi connectivity index (χ2n) is 32.2. The van der Waals surface area contributed by atoms with E-state index in [0.717, 1.165) is 34.8 Å². The van der Waals surface area contributed by atoms with Crippen LogP contribution >= 0.6 is 130 Å². The number of carbonyl (C=O) groups excluding carboxylic acids is 1. The van der Waals surface area contributed by atoms with Gasteiger partial charge in [-0.15, -0.1) is 0 Å². The first-order valence-electron chi connectivity index (χ1n) is 40.8. The molecule has 14 rings (SSSR count). The maximum atomic E-state index is 11.4. The molecule has 4 aliphatic rings. The van der Waals surface area contributed by atoms with Crippen LogP contribution < -0.4 is 43.1 Å². The van der Waals surface area contributed by atoms with Gasteiger partial charge in [0.1, 0.15) is 6.10 Å². The van der Waals surface area contributed by atoms with E-state index >= 15 is 0 Å². The van der Waals surface area contributed by atoms with Gasteiger partial charge < -0.3 is 4.74 Å². The van der Waals surface area contributed by atoms with E-state index in [1.54, 1.807) is 21.4 Å². The van der Waals surface area contributed by atoms with Crippen molar-refractivity contribution >= 4 is 299 Å². The Hall–Kier alpha value is 2.20. The Morgan fingerprint density at radius 2 is 0.707 bits per heavy atom. The van der Waals surface area contributed by atoms with Crippen LogP contribution in [-0.2, 0) is 9.53 Å². The second-order valence-corrected chi connectivity index (χ2v) is 167. The molecule has 0 N–H and O–H groups in total. The third-order valence-corrected chi connectivity index (χ3v) is 65.1. The van der Waals surface area contributed by atoms with Crippen LogP contribution in [0, 0.1) is 148 Å². The summed E-state index contributed by atoms with van der Waals surface area (Å²) in [4.78, 5) is 32.3. The van der Waals surface area contributed by atoms with Gasteiger partial charge in [0.05, 0.1) is 0 Å². The van der Waals surface area contributed by atoms with Gasteiger partial charge in [0.25, 0.3) is 0 Å². The summed E-state index contributed by atoms with van der Waals surface area (Å²) in [6.45, 7) is 40.7. The fourth-order valence-electron chi connectivity index (χ4n) is 14.5. The van der Waals surface area contributed by atoms with Gasteiger partial charge in [-0.2, -0.15) is 0 Å². The van der Waals surface area contributed by atoms with Crippen molar-refractivity contribution in [3.8, 4) is 23.0 Å². The van der Waals surface area contributed by atoms with Gasteiger partial charge in [-0.3, -0.25) is 4.79 Å². The number of ether oxygens (including phenoxy) is 4. The quantitative estimate of drug-likeness (QED) is 0.0546. The first-order valence-corrected chi connectivity index (χ1v) is 113. The normalized spacial score (nSPS) is 15.9. The molecular formula is C101H132Br2Cl2I4O5STe8. The summed E-state index contributed by atoms with van der Waals surface area (Å²) in [5.74, 6) is 7.29. The van der Waals surface area contributed by atoms with Gasteiger partial charge in [-0.05, 0) is 55.8 Å². The monoisotopic (exact) mass is 3230 g/mol. The number of hydrogen-bond donors (Lipinski definition) is 0. The number of benzene rings is 10. The Morgan fingerprint density at radius 1 is 0.390 bits per heavy atom. The molecule has 0 aromatic heterocycles. The van der Waals surface area contributed by atoms with Crippen molar-refractivity contribution in [1.82, 2.24) is 0 Å². The van der Waals surface area contributed by atoms with Crippen molar-refractivity contribution in [1.29, 1.82) is 0 Å². The van der Waals surface area contributed by atoms with E-state index in [0.29, 0.717) is 18.3 Å². The van der Waals surface area contributed by atoms with E-state index in [-0.39, 0.29) is 95.8 Å². The van der Waals surface area contributed by atoms with Gasteiger partial charge in [0.15, 0.2) is 0 Å². The maximum absolute atomic E-state index is 11.4. The predicted octanol–water partition coefficient (Wildman–Crippen LogP) is 27.4. The molecule has 4 saturated carbocycles. The molecule has 22 heteroatoms. The molecule has 10 aromatic rings. The van der Waals surface area contributed by atoms with Crippen molar-refractivity contribution in [3.05, 3.63) is 270 Å². The Balaban J connectivity index is 0.000000246. The van der Waals surface area contributed by atoms with Crippen LogP contribution in [0.5, 0.6) is 23.0 Å². The van der Waals surface area contributed by atoms with Crippen LogP contribution in [0.25, 0.3) is 0 Å². The summed E-state index contributed by atoms with van der Waals surface area (Å²) in [5, 5.41) is 0. The van der Waals surface area contributed by atoms with E-state index in [9.17, 15) is 4.79 Å². The first-order chi connectivity index (χ1) is 57.5. The molecule has 0 unspecified atom stereocenters. The predicted molar refractivity (Wildman–Crippen MR) is 600 cm³/mol. The van der Waals surface area contributed by atoms with E-state index in [1.807, 2.05) is 47.9 Å². The number of aryl methyl sites for hydroxylation is 18. The molecule has 0 atom stereocenters. The molecule has 5 nitrogen and oxygen atoms in total. The van der Waals surface area contributed by atoms with Crippen LogP contribution in [0.2, 0.25) is 39.8 Å². The molecule has 0 spiro atoms. The fraction of sp³-hybridized carbons (Fsp3) is 0.396. The summed E-state index contributed by atoms with van der Waals surface area (Å²) in [7, 11) is 12.4. The van der Waals surface area contributed by atoms with E-state index in [1.165, 1.54) is 164 Å². The Bertz CT molecular complexity index is 4730. The molecule has 0 saturated heterocycles. The topological polar surface area (TPSA) is 54.0 Å². The third kappa shape index (κ3) is 39.7. The summed E-state index contributed by atoms with van der Waals surface area (Å²) in [5.41, 5.74) is 24.6. The standard InChI is InChI=1S/C14H14OTe.C14H14STe.C13H20O2.C10H14Br2Te.C10H14Cl2Te.C10H14I2OTe.C10H14I2Te.C10H14OTe.C10H14Te/c2*1-11-3-5-12(6-4-11)15-13-7-9-14(16-2)10-8-13;1-2-12(14)15-13-10-4-8-3-9(6-10)7-11(13)5-8;2*1-7-5-9(3)10(6-8(7)2)13(4,11)12;1-7-5-9(13-3)10(6-8(7)2)14(4,11)12;1-7-5-9(3)10(6-8(7)2)13(4,11)12;1-7-5-9(11-3)10(12-4)6-8(7)2;1-7-5-9(3)10(11-4)6-8(7)2/h2*3-10H,1-2H3;8-11,13H,2-7H2,1H3;2*5-6H,1-4H3;5-6H,1-4H3;5-6H,1-4H3;5-6H,1-4H3;5-6H,1-4H3. The molecule has 0 amide bonds. The fourth-order valence-corrected chi connectivity index (χ4v) is 50.4. The van der Waals surface area contributed by atoms with E-state index in [4.69, 9.17) is 36.9 Å². The summed E-state index contributed by atoms with van der Waals surface area (Å²) in [6, 6.07) is 61.3. The van der Waals surface area contributed by atoms with Crippen molar-refractivity contribution in [3.63, 3.8) is 0 Å². The van der Waals surface area contributed by atoms with E-state index < -0.39 is 50.3 Å². The van der Waals surface area contributed by atoms with Crippen molar-refractivity contribution in [2.24, 2.45) is 23.7 Å². The zero-order valence-electron chi connectivity index (χ0n) is 77.5. The van der Waals surface area contributed by atoms with Crippen LogP contribution in [0.15, 0.2) is 180 Å². The van der Waals surface area contributed by atoms with Gasteiger partial charge in [0, 0.05) is 6.42 Å². The number of rotatable bonds is 16. The zero-order chi connectivity index (χ0) is 92.3. The average molecular weight is 3220 g/mol. The third-order valence-electron chi connectivity index (χ3n) is 22.0. The number of hydrogen-bond acceptors (Lipinski definition) is 6. The molecule has 4 fully saturated rings. The average Bonchev–Trinajstić information content (AvgIpc) is 0.759. The van der Waals surface area contributed by atoms with Crippen LogP contribution in [0.3, 0.4) is 0 Å². The summed E-state index contributed by atoms with van der Waals surface area (Å²) < 4.78 is 33.9. The van der Waals surface area contributed by atoms with Crippen molar-refractivity contribution in [2.75, 3.05) is 14.2 Å². The molecule has 676 valence electrons. The number of carbonyl (C=O) groups is 1. The minimum absolute atomic E-state index is 0.00692. The SMILES string of the molecule is CCC(=O)OC1C2CC3CC(C2)CC1C3.COc1cc(C)c(C)cc1[Te](C)(I)I.COc1cc(C)c(C)cc1[Te]C.C[Te]c1cc(C)c(C)cc1C.C[Te]c1ccc(Oc2ccc(C)cc2)cc1.C[Te]c1ccc(Sc2ccc(C)cc2)cc1.Cc1cc(C)c([Te](C)(Br)Br)cc1C.Cc1cc(C)c([Te](C)(Cl)Cl)cc1C.Cc1cc(C)c([Te](C)(I)I)cc1C. The van der Waals surface area contributed by atoms with Crippen LogP contribution in [0.4, 0.5) is 0 Å². The van der Waals surface area contributed by atoms with Crippen LogP contribution in [-0.4, -0.2) is 160 Å². The minimum atomic E-state index is -2.70. The second kappa shape index (κ2) is 56.2. The molecule has 4 bridgehead atoms. The molecule has 4 aliphatic carbocycles. The van der Waals surface area contributed by atoms with E-state index in [2.05, 4.69) is 405 Å². The Labute approximate surface area is 863 Å². The molecule has 10 aromatic carbocycles. The Kier molecular flexibility index (Phi) is 52.8. The first kappa shape index (κ1) is 116. The van der Waals surface area contributed by atoms with Gasteiger partial charge in [0.2, 0.25) is 0 Å². The summed E-state index contributed by atoms with van der Waals surface area (Å²) in [6.07, 6.45) is 7.59. The molecule has 0 heterocycles. The molecular weight excluding hydrogens is 3080 g/mol. The van der Waals surface area contributed by atoms with Gasteiger partial charge in [-0.1, -0.05) is 6.92 Å². The Morgan fingerprint density at radius 3 is 1.09 bits per heavy atom. The van der Waals surface area contributed by atoms with Crippen LogP contribution in [0.1, 0.15) is 146 Å². The molecule has 0 radical (unpaired) electrons. The zero-order valence-corrected chi connectivity index (χ0v) is 110. The number of esters is 1. The van der Waals surface area contributed by atoms with Crippen molar-refractivity contribution < 1.29 is 23.7 Å². The van der Waals surface area contributed by atoms with Crippen molar-refractivity contribution in [2.45, 2.75) is 226 Å².